The van der Waals surface area contributed by atoms with E-state index < -0.39 is 0 Å². The number of methoxy groups -OCH3 is 1. The Hall–Kier alpha value is -2.14. The zero-order valence-corrected chi connectivity index (χ0v) is 12.9. The molecule has 0 unspecified atom stereocenters. The molecule has 2 aromatic rings. The van der Waals surface area contributed by atoms with Gasteiger partial charge in [-0.05, 0) is 30.5 Å². The van der Waals surface area contributed by atoms with Crippen molar-refractivity contribution in [3.05, 3.63) is 54.1 Å². The molecule has 0 aliphatic heterocycles. The van der Waals surface area contributed by atoms with E-state index in [0.717, 1.165) is 21.9 Å². The fourth-order valence-corrected chi connectivity index (χ4v) is 2.36. The van der Waals surface area contributed by atoms with E-state index in [-0.39, 0.29) is 6.03 Å². The molecule has 0 atom stereocenters. The number of ether oxygens (including phenoxy) is 1. The molecular formula is C16H18N2O2S. The number of hydrogen-bond donors (Lipinski definition) is 2. The minimum absolute atomic E-state index is 0.237. The van der Waals surface area contributed by atoms with Crippen molar-refractivity contribution in [2.24, 2.45) is 0 Å². The van der Waals surface area contributed by atoms with Gasteiger partial charge in [-0.15, -0.1) is 11.8 Å². The predicted molar refractivity (Wildman–Crippen MR) is 87.1 cm³/mol. The Kier molecular flexibility index (Phi) is 5.51. The number of anilines is 1. The molecule has 2 amide bonds. The van der Waals surface area contributed by atoms with Crippen LogP contribution in [0.5, 0.6) is 5.75 Å². The van der Waals surface area contributed by atoms with E-state index in [1.807, 2.05) is 54.8 Å². The maximum absolute atomic E-state index is 11.9. The fraction of sp³-hybridized carbons (Fsp3) is 0.188. The lowest BCUT2D eigenvalue weighted by Gasteiger charge is -2.11. The van der Waals surface area contributed by atoms with Crippen LogP contribution in [0, 0.1) is 0 Å². The molecule has 0 aliphatic carbocycles. The van der Waals surface area contributed by atoms with Gasteiger partial charge in [0.25, 0.3) is 0 Å². The Morgan fingerprint density at radius 2 is 2.00 bits per heavy atom. The highest BCUT2D eigenvalue weighted by molar-refractivity contribution is 7.98. The van der Waals surface area contributed by atoms with Gasteiger partial charge in [0.15, 0.2) is 0 Å². The smallest absolute Gasteiger partial charge is 0.319 e. The van der Waals surface area contributed by atoms with E-state index in [4.69, 9.17) is 4.74 Å². The Balaban J connectivity index is 1.92. The van der Waals surface area contributed by atoms with Gasteiger partial charge < -0.3 is 15.4 Å². The lowest BCUT2D eigenvalue weighted by molar-refractivity contribution is 0.251. The molecule has 5 heteroatoms. The molecule has 0 bridgehead atoms. The van der Waals surface area contributed by atoms with Crippen LogP contribution in [0.1, 0.15) is 5.56 Å². The van der Waals surface area contributed by atoms with E-state index in [0.29, 0.717) is 6.54 Å². The number of carbonyl (C=O) groups excluding carboxylic acids is 1. The Labute approximate surface area is 128 Å². The third-order valence-corrected chi connectivity index (χ3v) is 3.68. The van der Waals surface area contributed by atoms with Gasteiger partial charge in [0.2, 0.25) is 0 Å². The van der Waals surface area contributed by atoms with Crippen LogP contribution >= 0.6 is 11.8 Å². The van der Waals surface area contributed by atoms with Gasteiger partial charge in [0, 0.05) is 22.7 Å². The number of carbonyl (C=O) groups is 1. The van der Waals surface area contributed by atoms with Crippen molar-refractivity contribution < 1.29 is 9.53 Å². The molecule has 0 saturated carbocycles. The topological polar surface area (TPSA) is 50.4 Å². The van der Waals surface area contributed by atoms with Crippen LogP contribution in [0.3, 0.4) is 0 Å². The minimum atomic E-state index is -0.237. The molecular weight excluding hydrogens is 284 g/mol. The zero-order valence-electron chi connectivity index (χ0n) is 12.1. The lowest BCUT2D eigenvalue weighted by atomic mass is 10.2. The summed E-state index contributed by atoms with van der Waals surface area (Å²) in [5.74, 6) is 0.766. The van der Waals surface area contributed by atoms with Gasteiger partial charge in [0.05, 0.1) is 7.11 Å². The summed E-state index contributed by atoms with van der Waals surface area (Å²) in [6.07, 6.45) is 2.00. The van der Waals surface area contributed by atoms with E-state index in [9.17, 15) is 4.79 Å². The highest BCUT2D eigenvalue weighted by atomic mass is 32.2. The molecule has 0 fully saturated rings. The second kappa shape index (κ2) is 7.59. The number of hydrogen-bond acceptors (Lipinski definition) is 3. The van der Waals surface area contributed by atoms with Gasteiger partial charge in [-0.2, -0.15) is 0 Å². The standard InChI is InChI=1S/C16H18N2O2S/c1-20-15-9-4-3-6-12(15)11-17-16(19)18-13-7-5-8-14(10-13)21-2/h3-10H,11H2,1-2H3,(H2,17,18,19). The van der Waals surface area contributed by atoms with Crippen molar-refractivity contribution in [3.8, 4) is 5.75 Å². The van der Waals surface area contributed by atoms with Crippen molar-refractivity contribution in [1.29, 1.82) is 0 Å². The van der Waals surface area contributed by atoms with Gasteiger partial charge in [-0.3, -0.25) is 0 Å². The Bertz CT molecular complexity index is 617. The van der Waals surface area contributed by atoms with Gasteiger partial charge >= 0.3 is 6.03 Å². The van der Waals surface area contributed by atoms with Crippen LogP contribution < -0.4 is 15.4 Å². The number of benzene rings is 2. The van der Waals surface area contributed by atoms with Crippen molar-refractivity contribution in [2.45, 2.75) is 11.4 Å². The number of para-hydroxylation sites is 1. The minimum Gasteiger partial charge on any atom is -0.496 e. The average Bonchev–Trinajstić information content (AvgIpc) is 2.53. The van der Waals surface area contributed by atoms with Gasteiger partial charge in [0.1, 0.15) is 5.75 Å². The summed E-state index contributed by atoms with van der Waals surface area (Å²) in [4.78, 5) is 13.0. The molecule has 0 spiro atoms. The highest BCUT2D eigenvalue weighted by Crippen LogP contribution is 2.19. The summed E-state index contributed by atoms with van der Waals surface area (Å²) in [5.41, 5.74) is 1.72. The zero-order chi connectivity index (χ0) is 15.1. The van der Waals surface area contributed by atoms with Crippen molar-refractivity contribution >= 4 is 23.5 Å². The third-order valence-electron chi connectivity index (χ3n) is 2.96. The molecule has 2 aromatic carbocycles. The summed E-state index contributed by atoms with van der Waals surface area (Å²) in [6, 6.07) is 15.1. The maximum Gasteiger partial charge on any atom is 0.319 e. The average molecular weight is 302 g/mol. The normalized spacial score (nSPS) is 10.0. The predicted octanol–water partition coefficient (Wildman–Crippen LogP) is 3.74. The Morgan fingerprint density at radius 1 is 1.19 bits per heavy atom. The molecule has 21 heavy (non-hydrogen) atoms. The SMILES string of the molecule is COc1ccccc1CNC(=O)Nc1cccc(SC)c1. The summed E-state index contributed by atoms with van der Waals surface area (Å²) >= 11 is 1.64. The molecule has 2 N–H and O–H groups in total. The molecule has 110 valence electrons. The van der Waals surface area contributed by atoms with E-state index in [1.54, 1.807) is 18.9 Å². The molecule has 0 radical (unpaired) electrons. The van der Waals surface area contributed by atoms with Crippen molar-refractivity contribution in [1.82, 2.24) is 5.32 Å². The first-order valence-electron chi connectivity index (χ1n) is 6.53. The molecule has 0 saturated heterocycles. The van der Waals surface area contributed by atoms with Crippen LogP contribution in [0.15, 0.2) is 53.4 Å². The first-order valence-corrected chi connectivity index (χ1v) is 7.76. The molecule has 0 aromatic heterocycles. The number of nitrogens with one attached hydrogen (secondary N) is 2. The van der Waals surface area contributed by atoms with E-state index in [2.05, 4.69) is 10.6 Å². The maximum atomic E-state index is 11.9. The first kappa shape index (κ1) is 15.3. The first-order chi connectivity index (χ1) is 10.2. The lowest BCUT2D eigenvalue weighted by Crippen LogP contribution is -2.28. The summed E-state index contributed by atoms with van der Waals surface area (Å²) in [6.45, 7) is 0.415. The van der Waals surface area contributed by atoms with Gasteiger partial charge in [-0.1, -0.05) is 24.3 Å². The number of urea groups is 1. The monoisotopic (exact) mass is 302 g/mol. The highest BCUT2D eigenvalue weighted by Gasteiger charge is 2.05. The number of rotatable bonds is 5. The van der Waals surface area contributed by atoms with Crippen LogP contribution in [0.25, 0.3) is 0 Å². The molecule has 0 aliphatic rings. The number of thioether (sulfide) groups is 1. The number of amides is 2. The molecule has 4 nitrogen and oxygen atoms in total. The van der Waals surface area contributed by atoms with Crippen LogP contribution in [0.2, 0.25) is 0 Å². The molecule has 2 rings (SSSR count). The third kappa shape index (κ3) is 4.43. The summed E-state index contributed by atoms with van der Waals surface area (Å²) in [5, 5.41) is 5.64. The summed E-state index contributed by atoms with van der Waals surface area (Å²) in [7, 11) is 1.62. The second-order valence-electron chi connectivity index (χ2n) is 4.35. The van der Waals surface area contributed by atoms with Crippen molar-refractivity contribution in [2.75, 3.05) is 18.7 Å². The second-order valence-corrected chi connectivity index (χ2v) is 5.23. The fourth-order valence-electron chi connectivity index (χ4n) is 1.90. The van der Waals surface area contributed by atoms with Crippen LogP contribution in [0.4, 0.5) is 10.5 Å². The van der Waals surface area contributed by atoms with Crippen LogP contribution in [-0.4, -0.2) is 19.4 Å². The summed E-state index contributed by atoms with van der Waals surface area (Å²) < 4.78 is 5.25. The molecule has 0 heterocycles. The quantitative estimate of drug-likeness (QED) is 0.827. The van der Waals surface area contributed by atoms with Gasteiger partial charge in [-0.25, -0.2) is 4.79 Å². The van der Waals surface area contributed by atoms with E-state index in [1.165, 1.54) is 0 Å². The van der Waals surface area contributed by atoms with Crippen LogP contribution in [-0.2, 0) is 6.54 Å². The largest absolute Gasteiger partial charge is 0.496 e. The van der Waals surface area contributed by atoms with E-state index >= 15 is 0 Å². The van der Waals surface area contributed by atoms with Crippen molar-refractivity contribution in [3.63, 3.8) is 0 Å². The Morgan fingerprint density at radius 3 is 2.76 bits per heavy atom.